The predicted octanol–water partition coefficient (Wildman–Crippen LogP) is 1.82. The Labute approximate surface area is 116 Å². The minimum absolute atomic E-state index is 0.551. The smallest absolute Gasteiger partial charge is 0.226 e. The largest absolute Gasteiger partial charge is 0.342 e. The van der Waals surface area contributed by atoms with Gasteiger partial charge >= 0.3 is 0 Å². The molecule has 0 saturated carbocycles. The first-order chi connectivity index (χ1) is 9.85. The molecule has 1 aromatic carbocycles. The summed E-state index contributed by atoms with van der Waals surface area (Å²) < 4.78 is 5.21. The van der Waals surface area contributed by atoms with E-state index in [1.54, 1.807) is 0 Å². The molecule has 0 unspecified atom stereocenters. The number of H-pyrrole nitrogens is 1. The summed E-state index contributed by atoms with van der Waals surface area (Å²) in [6.45, 7) is 0.694. The molecule has 3 aromatic rings. The van der Waals surface area contributed by atoms with Crippen LogP contribution in [0.15, 0.2) is 28.8 Å². The second-order valence-electron chi connectivity index (χ2n) is 4.73. The van der Waals surface area contributed by atoms with Crippen LogP contribution in [0.1, 0.15) is 30.4 Å². The third kappa shape index (κ3) is 2.85. The number of unbranched alkanes of at least 4 members (excludes halogenated alkanes) is 1. The molecule has 0 bridgehead atoms. The predicted molar refractivity (Wildman–Crippen MR) is 75.2 cm³/mol. The Morgan fingerprint density at radius 2 is 2.05 bits per heavy atom. The molecule has 6 heteroatoms. The van der Waals surface area contributed by atoms with E-state index in [4.69, 9.17) is 10.3 Å². The van der Waals surface area contributed by atoms with Crippen molar-refractivity contribution in [3.63, 3.8) is 0 Å². The van der Waals surface area contributed by atoms with E-state index in [-0.39, 0.29) is 0 Å². The van der Waals surface area contributed by atoms with E-state index in [1.807, 2.05) is 24.3 Å². The average Bonchev–Trinajstić information content (AvgIpc) is 3.05. The van der Waals surface area contributed by atoms with Crippen molar-refractivity contribution in [2.75, 3.05) is 6.54 Å². The third-order valence-corrected chi connectivity index (χ3v) is 3.12. The molecule has 0 amide bonds. The van der Waals surface area contributed by atoms with Crippen LogP contribution >= 0.6 is 0 Å². The fourth-order valence-electron chi connectivity index (χ4n) is 2.12. The van der Waals surface area contributed by atoms with Crippen LogP contribution in [0.2, 0.25) is 0 Å². The van der Waals surface area contributed by atoms with Crippen LogP contribution in [0.3, 0.4) is 0 Å². The van der Waals surface area contributed by atoms with Gasteiger partial charge in [-0.2, -0.15) is 4.98 Å². The van der Waals surface area contributed by atoms with Crippen molar-refractivity contribution < 1.29 is 4.52 Å². The number of fused-ring (bicyclic) bond motifs is 1. The normalized spacial score (nSPS) is 11.2. The molecular weight excluding hydrogens is 254 g/mol. The molecule has 0 fully saturated rings. The Balaban J connectivity index is 1.68. The van der Waals surface area contributed by atoms with Gasteiger partial charge in [-0.15, -0.1) is 0 Å². The van der Waals surface area contributed by atoms with Gasteiger partial charge in [-0.25, -0.2) is 4.98 Å². The number of nitrogens with zero attached hydrogens (tertiary/aromatic N) is 3. The lowest BCUT2D eigenvalue weighted by Crippen LogP contribution is -1.99. The number of nitrogens with two attached hydrogens (primary N) is 1. The topological polar surface area (TPSA) is 93.6 Å². The van der Waals surface area contributed by atoms with Crippen LogP contribution in [0.4, 0.5) is 0 Å². The highest BCUT2D eigenvalue weighted by Gasteiger charge is 2.09. The quantitative estimate of drug-likeness (QED) is 0.667. The van der Waals surface area contributed by atoms with E-state index in [9.17, 15) is 0 Å². The first kappa shape index (κ1) is 12.8. The zero-order valence-electron chi connectivity index (χ0n) is 11.2. The lowest BCUT2D eigenvalue weighted by Gasteiger charge is -1.91. The van der Waals surface area contributed by atoms with Crippen molar-refractivity contribution in [1.82, 2.24) is 20.1 Å². The van der Waals surface area contributed by atoms with Crippen LogP contribution in [-0.4, -0.2) is 26.7 Å². The minimum atomic E-state index is 0.551. The van der Waals surface area contributed by atoms with E-state index < -0.39 is 0 Å². The van der Waals surface area contributed by atoms with Crippen LogP contribution in [0.25, 0.3) is 11.0 Å². The SMILES string of the molecule is NCCCCc1nc(Cc2nc3ccccc3[nH]2)no1. The first-order valence-electron chi connectivity index (χ1n) is 6.80. The maximum Gasteiger partial charge on any atom is 0.226 e. The van der Waals surface area contributed by atoms with Gasteiger partial charge in [-0.1, -0.05) is 17.3 Å². The van der Waals surface area contributed by atoms with Gasteiger partial charge in [0, 0.05) is 6.42 Å². The number of benzene rings is 1. The summed E-state index contributed by atoms with van der Waals surface area (Å²) in [5.41, 5.74) is 7.43. The van der Waals surface area contributed by atoms with Gasteiger partial charge in [0.15, 0.2) is 5.82 Å². The van der Waals surface area contributed by atoms with Gasteiger partial charge in [0.1, 0.15) is 5.82 Å². The van der Waals surface area contributed by atoms with Crippen LogP contribution in [-0.2, 0) is 12.8 Å². The number of hydrogen-bond acceptors (Lipinski definition) is 5. The molecule has 0 atom stereocenters. The fraction of sp³-hybridized carbons (Fsp3) is 0.357. The third-order valence-electron chi connectivity index (χ3n) is 3.12. The minimum Gasteiger partial charge on any atom is -0.342 e. The van der Waals surface area contributed by atoms with Crippen molar-refractivity contribution in [2.45, 2.75) is 25.7 Å². The zero-order valence-corrected chi connectivity index (χ0v) is 11.2. The van der Waals surface area contributed by atoms with E-state index >= 15 is 0 Å². The Morgan fingerprint density at radius 1 is 1.15 bits per heavy atom. The molecule has 0 spiro atoms. The zero-order chi connectivity index (χ0) is 13.8. The van der Waals surface area contributed by atoms with Gasteiger partial charge < -0.3 is 15.2 Å². The Hall–Kier alpha value is -2.21. The highest BCUT2D eigenvalue weighted by molar-refractivity contribution is 5.74. The van der Waals surface area contributed by atoms with Crippen molar-refractivity contribution >= 4 is 11.0 Å². The molecule has 0 saturated heterocycles. The van der Waals surface area contributed by atoms with Crippen molar-refractivity contribution in [2.24, 2.45) is 5.73 Å². The molecular formula is C14H17N5O. The monoisotopic (exact) mass is 271 g/mol. The maximum atomic E-state index is 5.46. The molecule has 2 heterocycles. The lowest BCUT2D eigenvalue weighted by molar-refractivity contribution is 0.370. The first-order valence-corrected chi connectivity index (χ1v) is 6.80. The van der Waals surface area contributed by atoms with E-state index in [1.165, 1.54) is 0 Å². The highest BCUT2D eigenvalue weighted by Crippen LogP contribution is 2.12. The summed E-state index contributed by atoms with van der Waals surface area (Å²) in [5, 5.41) is 3.98. The summed E-state index contributed by atoms with van der Waals surface area (Å²) in [4.78, 5) is 12.1. The molecule has 2 aromatic heterocycles. The average molecular weight is 271 g/mol. The molecule has 0 aliphatic carbocycles. The van der Waals surface area contributed by atoms with Crippen LogP contribution in [0, 0.1) is 0 Å². The maximum absolute atomic E-state index is 5.46. The molecule has 0 radical (unpaired) electrons. The fourth-order valence-corrected chi connectivity index (χ4v) is 2.12. The summed E-state index contributed by atoms with van der Waals surface area (Å²) in [5.74, 6) is 2.18. The Kier molecular flexibility index (Phi) is 3.73. The second-order valence-corrected chi connectivity index (χ2v) is 4.73. The van der Waals surface area contributed by atoms with Crippen LogP contribution < -0.4 is 5.73 Å². The molecule has 3 N–H and O–H groups in total. The Bertz CT molecular complexity index is 655. The highest BCUT2D eigenvalue weighted by atomic mass is 16.5. The number of imidazole rings is 1. The van der Waals surface area contributed by atoms with Gasteiger partial charge in [0.25, 0.3) is 0 Å². The number of aromatic nitrogens is 4. The lowest BCUT2D eigenvalue weighted by atomic mass is 10.2. The van der Waals surface area contributed by atoms with Gasteiger partial charge in [-0.3, -0.25) is 0 Å². The summed E-state index contributed by atoms with van der Waals surface area (Å²) in [6.07, 6.45) is 3.28. The molecule has 3 rings (SSSR count). The van der Waals surface area contributed by atoms with Gasteiger partial charge in [0.2, 0.25) is 5.89 Å². The van der Waals surface area contributed by atoms with E-state index in [0.717, 1.165) is 36.1 Å². The van der Waals surface area contributed by atoms with E-state index in [0.29, 0.717) is 24.7 Å². The second kappa shape index (κ2) is 5.83. The Morgan fingerprint density at radius 3 is 2.90 bits per heavy atom. The molecule has 0 aliphatic rings. The number of nitrogens with one attached hydrogen (secondary N) is 1. The standard InChI is InChI=1S/C14H17N5O/c15-8-4-3-7-14-18-13(19-20-14)9-12-16-10-5-1-2-6-11(10)17-12/h1-2,5-6H,3-4,7-9,15H2,(H,16,17). The van der Waals surface area contributed by atoms with Crippen molar-refractivity contribution in [3.05, 3.63) is 41.8 Å². The number of hydrogen-bond donors (Lipinski definition) is 2. The van der Waals surface area contributed by atoms with E-state index in [2.05, 4.69) is 20.1 Å². The van der Waals surface area contributed by atoms with Crippen molar-refractivity contribution in [3.8, 4) is 0 Å². The number of rotatable bonds is 6. The molecule has 0 aliphatic heterocycles. The summed E-state index contributed by atoms with van der Waals surface area (Å²) in [6, 6.07) is 7.93. The van der Waals surface area contributed by atoms with Gasteiger partial charge in [0.05, 0.1) is 17.5 Å². The summed E-state index contributed by atoms with van der Waals surface area (Å²) >= 11 is 0. The number of para-hydroxylation sites is 2. The van der Waals surface area contributed by atoms with Crippen LogP contribution in [0.5, 0.6) is 0 Å². The van der Waals surface area contributed by atoms with Gasteiger partial charge in [-0.05, 0) is 31.5 Å². The molecule has 104 valence electrons. The summed E-state index contributed by atoms with van der Waals surface area (Å²) in [7, 11) is 0. The number of aromatic amines is 1. The molecule has 6 nitrogen and oxygen atoms in total. The number of aryl methyl sites for hydroxylation is 1. The molecule has 20 heavy (non-hydrogen) atoms. The van der Waals surface area contributed by atoms with Crippen molar-refractivity contribution in [1.29, 1.82) is 0 Å².